The van der Waals surface area contributed by atoms with Crippen LogP contribution in [0.2, 0.25) is 4.34 Å². The molecule has 0 saturated carbocycles. The van der Waals surface area contributed by atoms with Gasteiger partial charge in [-0.15, -0.1) is 11.3 Å². The van der Waals surface area contributed by atoms with Gasteiger partial charge in [-0.2, -0.15) is 17.5 Å². The molecule has 0 amide bonds. The van der Waals surface area contributed by atoms with Gasteiger partial charge >= 0.3 is 6.18 Å². The number of halogens is 4. The summed E-state index contributed by atoms with van der Waals surface area (Å²) >= 11 is 7.36. The van der Waals surface area contributed by atoms with Gasteiger partial charge in [0, 0.05) is 26.2 Å². The first-order chi connectivity index (χ1) is 11.7. The third-order valence-corrected chi connectivity index (χ3v) is 8.34. The minimum absolute atomic E-state index is 0.166. The van der Waals surface area contributed by atoms with Crippen LogP contribution in [0.3, 0.4) is 0 Å². The Kier molecular flexibility index (Phi) is 5.31. The van der Waals surface area contributed by atoms with E-state index < -0.39 is 21.1 Å². The molecule has 2 aromatic heterocycles. The Morgan fingerprint density at radius 1 is 1.12 bits per heavy atom. The molecule has 3 rings (SSSR count). The van der Waals surface area contributed by atoms with Gasteiger partial charge in [0.15, 0.2) is 5.13 Å². The molecule has 1 aliphatic heterocycles. The number of rotatable bonds is 3. The summed E-state index contributed by atoms with van der Waals surface area (Å²) in [7, 11) is -3.64. The minimum Gasteiger partial charge on any atom is -0.347 e. The summed E-state index contributed by atoms with van der Waals surface area (Å²) in [5, 5.41) is 0.255. The van der Waals surface area contributed by atoms with Gasteiger partial charge in [0.25, 0.3) is 10.0 Å². The number of aromatic nitrogens is 1. The third kappa shape index (κ3) is 4.11. The van der Waals surface area contributed by atoms with Crippen molar-refractivity contribution in [1.29, 1.82) is 0 Å². The lowest BCUT2D eigenvalue weighted by molar-refractivity contribution is -0.134. The van der Waals surface area contributed by atoms with Crippen LogP contribution in [-0.4, -0.2) is 43.9 Å². The molecule has 138 valence electrons. The summed E-state index contributed by atoms with van der Waals surface area (Å²) in [4.78, 5) is 4.77. The van der Waals surface area contributed by atoms with Gasteiger partial charge in [0.1, 0.15) is 9.09 Å². The third-order valence-electron chi connectivity index (χ3n) is 3.64. The van der Waals surface area contributed by atoms with E-state index in [2.05, 4.69) is 4.98 Å². The number of anilines is 1. The van der Waals surface area contributed by atoms with Crippen LogP contribution in [0.25, 0.3) is 0 Å². The normalized spacial score (nSPS) is 17.7. The number of alkyl halides is 3. The molecule has 0 unspecified atom stereocenters. The quantitative estimate of drug-likeness (QED) is 0.742. The zero-order valence-corrected chi connectivity index (χ0v) is 15.9. The molecule has 1 fully saturated rings. The highest BCUT2D eigenvalue weighted by atomic mass is 35.5. The lowest BCUT2D eigenvalue weighted by atomic mass is 10.4. The highest BCUT2D eigenvalue weighted by Crippen LogP contribution is 2.36. The largest absolute Gasteiger partial charge is 0.427 e. The van der Waals surface area contributed by atoms with E-state index in [0.717, 1.165) is 17.5 Å². The van der Waals surface area contributed by atoms with E-state index >= 15 is 0 Å². The summed E-state index contributed by atoms with van der Waals surface area (Å²) in [6, 6.07) is 2.99. The van der Waals surface area contributed by atoms with E-state index in [4.69, 9.17) is 11.6 Å². The average Bonchev–Trinajstić information content (AvgIpc) is 3.11. The highest BCUT2D eigenvalue weighted by molar-refractivity contribution is 7.91. The van der Waals surface area contributed by atoms with Crippen LogP contribution in [0.4, 0.5) is 18.3 Å². The molecule has 1 saturated heterocycles. The lowest BCUT2D eigenvalue weighted by Crippen LogP contribution is -2.34. The Hall–Kier alpha value is -0.880. The van der Waals surface area contributed by atoms with Crippen molar-refractivity contribution in [2.24, 2.45) is 0 Å². The molecular weight excluding hydrogens is 419 g/mol. The highest BCUT2D eigenvalue weighted by Gasteiger charge is 2.34. The Balaban J connectivity index is 1.73. The summed E-state index contributed by atoms with van der Waals surface area (Å²) in [6.45, 7) is 1.20. The summed E-state index contributed by atoms with van der Waals surface area (Å²) < 4.78 is 65.3. The molecule has 5 nitrogen and oxygen atoms in total. The van der Waals surface area contributed by atoms with E-state index in [1.54, 1.807) is 4.90 Å². The van der Waals surface area contributed by atoms with Crippen LogP contribution in [0.5, 0.6) is 0 Å². The molecule has 0 spiro atoms. The van der Waals surface area contributed by atoms with Crippen LogP contribution >= 0.6 is 34.3 Å². The van der Waals surface area contributed by atoms with Crippen LogP contribution in [0.15, 0.2) is 22.5 Å². The van der Waals surface area contributed by atoms with Gasteiger partial charge in [-0.3, -0.25) is 0 Å². The maximum atomic E-state index is 12.7. The van der Waals surface area contributed by atoms with Gasteiger partial charge in [-0.25, -0.2) is 13.4 Å². The maximum Gasteiger partial charge on any atom is 0.427 e. The van der Waals surface area contributed by atoms with Gasteiger partial charge in [0.05, 0.1) is 10.5 Å². The van der Waals surface area contributed by atoms with E-state index in [9.17, 15) is 21.6 Å². The van der Waals surface area contributed by atoms with Crippen molar-refractivity contribution in [1.82, 2.24) is 9.29 Å². The van der Waals surface area contributed by atoms with Crippen molar-refractivity contribution >= 4 is 49.4 Å². The molecule has 0 N–H and O–H groups in total. The van der Waals surface area contributed by atoms with E-state index in [0.29, 0.717) is 35.2 Å². The maximum absolute atomic E-state index is 12.7. The predicted molar refractivity (Wildman–Crippen MR) is 92.0 cm³/mol. The molecule has 0 atom stereocenters. The molecular formula is C13H13ClF3N3O2S3. The summed E-state index contributed by atoms with van der Waals surface area (Å²) in [5.41, 5.74) is 0. The monoisotopic (exact) mass is 431 g/mol. The molecule has 12 heteroatoms. The Morgan fingerprint density at radius 3 is 2.48 bits per heavy atom. The van der Waals surface area contributed by atoms with Crippen LogP contribution in [0, 0.1) is 0 Å². The summed E-state index contributed by atoms with van der Waals surface area (Å²) in [5.74, 6) is 0. The molecule has 0 radical (unpaired) electrons. The average molecular weight is 432 g/mol. The Morgan fingerprint density at radius 2 is 1.88 bits per heavy atom. The molecule has 3 heterocycles. The first kappa shape index (κ1) is 18.9. The molecule has 0 aliphatic carbocycles. The van der Waals surface area contributed by atoms with Gasteiger partial charge < -0.3 is 4.90 Å². The second-order valence-electron chi connectivity index (χ2n) is 5.31. The first-order valence-electron chi connectivity index (χ1n) is 7.21. The second kappa shape index (κ2) is 7.03. The van der Waals surface area contributed by atoms with E-state index in [1.807, 2.05) is 0 Å². The van der Waals surface area contributed by atoms with Crippen molar-refractivity contribution in [3.05, 3.63) is 27.5 Å². The minimum atomic E-state index is -4.42. The van der Waals surface area contributed by atoms with Gasteiger partial charge in [-0.05, 0) is 18.6 Å². The topological polar surface area (TPSA) is 53.5 Å². The first-order valence-corrected chi connectivity index (χ1v) is 10.7. The zero-order valence-electron chi connectivity index (χ0n) is 12.7. The molecule has 1 aliphatic rings. The van der Waals surface area contributed by atoms with E-state index in [1.165, 1.54) is 16.4 Å². The van der Waals surface area contributed by atoms with Crippen molar-refractivity contribution in [2.45, 2.75) is 16.8 Å². The van der Waals surface area contributed by atoms with Gasteiger partial charge in [0.2, 0.25) is 0 Å². The molecule has 0 aromatic carbocycles. The van der Waals surface area contributed by atoms with Crippen LogP contribution in [-0.2, 0) is 16.2 Å². The predicted octanol–water partition coefficient (Wildman–Crippen LogP) is 3.78. The standard InChI is InChI=1S/C13H13ClF3N3O2S3/c14-10-2-3-11(24-10)25(21,22)20-5-1-4-19(6-7-20)12-18-8-9(23-12)13(15,16)17/h2-3,8H,1,4-7H2. The van der Waals surface area contributed by atoms with Crippen molar-refractivity contribution in [3.8, 4) is 0 Å². The number of nitrogens with zero attached hydrogens (tertiary/aromatic N) is 3. The fourth-order valence-electron chi connectivity index (χ4n) is 2.43. The van der Waals surface area contributed by atoms with Gasteiger partial charge in [-0.1, -0.05) is 22.9 Å². The number of hydrogen-bond acceptors (Lipinski definition) is 6. The number of sulfonamides is 1. The Labute approximate surface area is 155 Å². The Bertz CT molecular complexity index is 850. The lowest BCUT2D eigenvalue weighted by Gasteiger charge is -2.20. The van der Waals surface area contributed by atoms with Crippen molar-refractivity contribution < 1.29 is 21.6 Å². The SMILES string of the molecule is O=S(=O)(c1ccc(Cl)s1)N1CCCN(c2ncc(C(F)(F)F)s2)CC1. The molecule has 25 heavy (non-hydrogen) atoms. The fraction of sp³-hybridized carbons (Fsp3) is 0.462. The van der Waals surface area contributed by atoms with Crippen molar-refractivity contribution in [3.63, 3.8) is 0 Å². The molecule has 2 aromatic rings. The van der Waals surface area contributed by atoms with E-state index in [-0.39, 0.29) is 22.4 Å². The number of thiazole rings is 1. The number of hydrogen-bond donors (Lipinski definition) is 0. The molecule has 0 bridgehead atoms. The summed E-state index contributed by atoms with van der Waals surface area (Å²) in [6.07, 6.45) is -3.11. The second-order valence-corrected chi connectivity index (χ2v) is 10.2. The fourth-order valence-corrected chi connectivity index (χ4v) is 6.37. The smallest absolute Gasteiger partial charge is 0.347 e. The number of thiophene rings is 1. The zero-order chi connectivity index (χ0) is 18.2. The van der Waals surface area contributed by atoms with Crippen LogP contribution in [0.1, 0.15) is 11.3 Å². The van der Waals surface area contributed by atoms with Crippen LogP contribution < -0.4 is 4.90 Å². The van der Waals surface area contributed by atoms with Crippen molar-refractivity contribution in [2.75, 3.05) is 31.1 Å².